The molecule has 7 heteroatoms. The molecule has 0 radical (unpaired) electrons. The van der Waals surface area contributed by atoms with Crippen molar-refractivity contribution in [1.82, 2.24) is 19.4 Å². The first-order valence-electron chi connectivity index (χ1n) is 10.3. The van der Waals surface area contributed by atoms with Crippen LogP contribution in [0.3, 0.4) is 0 Å². The molecule has 1 aliphatic carbocycles. The normalized spacial score (nSPS) is 19.2. The number of likely N-dealkylation sites (tertiary alicyclic amines) is 1. The van der Waals surface area contributed by atoms with Crippen LogP contribution >= 0.6 is 11.3 Å². The van der Waals surface area contributed by atoms with Gasteiger partial charge in [0.2, 0.25) is 5.91 Å². The molecule has 1 aromatic carbocycles. The first kappa shape index (κ1) is 18.5. The van der Waals surface area contributed by atoms with Crippen LogP contribution in [0.2, 0.25) is 0 Å². The molecule has 2 fully saturated rings. The van der Waals surface area contributed by atoms with Crippen molar-refractivity contribution in [3.05, 3.63) is 56.5 Å². The molecule has 0 bridgehead atoms. The monoisotopic (exact) mass is 408 g/mol. The van der Waals surface area contributed by atoms with Crippen LogP contribution in [0, 0.1) is 12.8 Å². The Bertz CT molecular complexity index is 1130. The lowest BCUT2D eigenvalue weighted by atomic mass is 10.1. The number of rotatable bonds is 5. The molecular formula is C22H24N4O2S. The second-order valence-electron chi connectivity index (χ2n) is 8.11. The number of fused-ring (bicyclic) bond motifs is 1. The molecule has 2 aromatic heterocycles. The van der Waals surface area contributed by atoms with Crippen molar-refractivity contribution in [3.63, 3.8) is 0 Å². The van der Waals surface area contributed by atoms with Crippen LogP contribution in [0.5, 0.6) is 0 Å². The quantitative estimate of drug-likeness (QED) is 0.648. The fourth-order valence-electron chi connectivity index (χ4n) is 4.25. The van der Waals surface area contributed by atoms with E-state index in [0.29, 0.717) is 30.8 Å². The van der Waals surface area contributed by atoms with E-state index in [-0.39, 0.29) is 17.5 Å². The lowest BCUT2D eigenvalue weighted by Gasteiger charge is -2.26. The van der Waals surface area contributed by atoms with E-state index in [9.17, 15) is 9.59 Å². The molecule has 0 N–H and O–H groups in total. The number of nitrogens with zero attached hydrogens (tertiary/aromatic N) is 4. The minimum Gasteiger partial charge on any atom is -0.332 e. The third-order valence-electron chi connectivity index (χ3n) is 5.89. The highest BCUT2D eigenvalue weighted by atomic mass is 32.1. The molecule has 1 unspecified atom stereocenters. The summed E-state index contributed by atoms with van der Waals surface area (Å²) in [6.07, 6.45) is 6.27. The highest BCUT2D eigenvalue weighted by molar-refractivity contribution is 7.11. The summed E-state index contributed by atoms with van der Waals surface area (Å²) in [5.74, 6) is 1.41. The molecule has 2 aliphatic rings. The number of hydrogen-bond acceptors (Lipinski definition) is 5. The average molecular weight is 409 g/mol. The van der Waals surface area contributed by atoms with Gasteiger partial charge in [0.15, 0.2) is 0 Å². The van der Waals surface area contributed by atoms with Gasteiger partial charge in [0.1, 0.15) is 5.82 Å². The van der Waals surface area contributed by atoms with Crippen LogP contribution in [-0.4, -0.2) is 31.9 Å². The number of aryl methyl sites for hydroxylation is 1. The third kappa shape index (κ3) is 3.59. The van der Waals surface area contributed by atoms with Gasteiger partial charge >= 0.3 is 0 Å². The topological polar surface area (TPSA) is 68.1 Å². The van der Waals surface area contributed by atoms with Crippen LogP contribution in [0.1, 0.15) is 47.4 Å². The average Bonchev–Trinajstić information content (AvgIpc) is 3.23. The SMILES string of the molecule is Cc1ncc(CC(=O)N2CCCC2c2nc3ccccc3c(=O)n2CC2CC2)s1. The Morgan fingerprint density at radius 1 is 1.24 bits per heavy atom. The van der Waals surface area contributed by atoms with Gasteiger partial charge < -0.3 is 4.90 Å². The maximum absolute atomic E-state index is 13.3. The zero-order chi connectivity index (χ0) is 20.0. The number of benzene rings is 1. The fourth-order valence-corrected chi connectivity index (χ4v) is 5.03. The number of amides is 1. The minimum absolute atomic E-state index is 0.0230. The molecule has 150 valence electrons. The van der Waals surface area contributed by atoms with Gasteiger partial charge in [-0.25, -0.2) is 9.97 Å². The highest BCUT2D eigenvalue weighted by Gasteiger charge is 2.35. The zero-order valence-electron chi connectivity index (χ0n) is 16.5. The number of carbonyl (C=O) groups is 1. The second-order valence-corrected chi connectivity index (χ2v) is 9.43. The first-order chi connectivity index (χ1) is 14.1. The van der Waals surface area contributed by atoms with Gasteiger partial charge in [0.05, 0.1) is 28.4 Å². The molecule has 1 atom stereocenters. The van der Waals surface area contributed by atoms with Gasteiger partial charge in [-0.2, -0.15) is 0 Å². The van der Waals surface area contributed by atoms with Crippen molar-refractivity contribution in [3.8, 4) is 0 Å². The van der Waals surface area contributed by atoms with Gasteiger partial charge in [-0.15, -0.1) is 11.3 Å². The van der Waals surface area contributed by atoms with Crippen LogP contribution in [0.15, 0.2) is 35.3 Å². The van der Waals surface area contributed by atoms with E-state index in [2.05, 4.69) is 4.98 Å². The largest absolute Gasteiger partial charge is 0.332 e. The van der Waals surface area contributed by atoms with Gasteiger partial charge in [0, 0.05) is 24.2 Å². The third-order valence-corrected chi connectivity index (χ3v) is 6.81. The predicted molar refractivity (Wildman–Crippen MR) is 113 cm³/mol. The van der Waals surface area contributed by atoms with E-state index in [1.807, 2.05) is 40.7 Å². The number of aromatic nitrogens is 3. The summed E-state index contributed by atoms with van der Waals surface area (Å²) in [5.41, 5.74) is 0.742. The molecule has 1 saturated carbocycles. The summed E-state index contributed by atoms with van der Waals surface area (Å²) in [6.45, 7) is 3.37. The molecule has 1 saturated heterocycles. The van der Waals surface area contributed by atoms with Crippen molar-refractivity contribution < 1.29 is 4.79 Å². The Kier molecular flexibility index (Phi) is 4.70. The van der Waals surface area contributed by atoms with Crippen molar-refractivity contribution in [2.75, 3.05) is 6.54 Å². The first-order valence-corrected chi connectivity index (χ1v) is 11.1. The number of thiazole rings is 1. The smallest absolute Gasteiger partial charge is 0.261 e. The highest BCUT2D eigenvalue weighted by Crippen LogP contribution is 2.35. The van der Waals surface area contributed by atoms with Crippen LogP contribution in [-0.2, 0) is 17.8 Å². The number of para-hydroxylation sites is 1. The fraction of sp³-hybridized carbons (Fsp3) is 0.455. The summed E-state index contributed by atoms with van der Waals surface area (Å²) in [4.78, 5) is 38.4. The van der Waals surface area contributed by atoms with Crippen LogP contribution in [0.4, 0.5) is 0 Å². The maximum Gasteiger partial charge on any atom is 0.261 e. The summed E-state index contributed by atoms with van der Waals surface area (Å²) in [6, 6.07) is 7.40. The Balaban J connectivity index is 1.52. The Morgan fingerprint density at radius 3 is 2.83 bits per heavy atom. The zero-order valence-corrected chi connectivity index (χ0v) is 17.3. The van der Waals surface area contributed by atoms with E-state index in [0.717, 1.165) is 46.9 Å². The van der Waals surface area contributed by atoms with Crippen molar-refractivity contribution in [2.24, 2.45) is 5.92 Å². The summed E-state index contributed by atoms with van der Waals surface area (Å²) < 4.78 is 1.85. The molecule has 29 heavy (non-hydrogen) atoms. The van der Waals surface area contributed by atoms with Crippen molar-refractivity contribution in [1.29, 1.82) is 0 Å². The lowest BCUT2D eigenvalue weighted by molar-refractivity contribution is -0.131. The van der Waals surface area contributed by atoms with Crippen molar-refractivity contribution >= 4 is 28.1 Å². The van der Waals surface area contributed by atoms with Crippen molar-refractivity contribution in [2.45, 2.75) is 51.6 Å². The van der Waals surface area contributed by atoms with E-state index in [4.69, 9.17) is 4.98 Å². The molecular weight excluding hydrogens is 384 g/mol. The van der Waals surface area contributed by atoms with E-state index in [1.54, 1.807) is 17.5 Å². The van der Waals surface area contributed by atoms with E-state index in [1.165, 1.54) is 0 Å². The van der Waals surface area contributed by atoms with Gasteiger partial charge in [0.25, 0.3) is 5.56 Å². The Morgan fingerprint density at radius 2 is 2.07 bits per heavy atom. The molecule has 3 aromatic rings. The van der Waals surface area contributed by atoms with Gasteiger partial charge in [-0.05, 0) is 50.7 Å². The summed E-state index contributed by atoms with van der Waals surface area (Å²) >= 11 is 1.57. The molecule has 0 spiro atoms. The second kappa shape index (κ2) is 7.37. The maximum atomic E-state index is 13.3. The van der Waals surface area contributed by atoms with Crippen LogP contribution < -0.4 is 5.56 Å². The van der Waals surface area contributed by atoms with Gasteiger partial charge in [-0.1, -0.05) is 12.1 Å². The summed E-state index contributed by atoms with van der Waals surface area (Å²) in [5, 5.41) is 1.63. The molecule has 1 aliphatic heterocycles. The Hall–Kier alpha value is -2.54. The predicted octanol–water partition coefficient (Wildman–Crippen LogP) is 3.48. The van der Waals surface area contributed by atoms with Crippen LogP contribution in [0.25, 0.3) is 10.9 Å². The summed E-state index contributed by atoms with van der Waals surface area (Å²) in [7, 11) is 0. The van der Waals surface area contributed by atoms with Gasteiger partial charge in [-0.3, -0.25) is 14.2 Å². The number of hydrogen-bond donors (Lipinski definition) is 0. The number of carbonyl (C=O) groups excluding carboxylic acids is 1. The lowest BCUT2D eigenvalue weighted by Crippen LogP contribution is -2.36. The molecule has 5 rings (SSSR count). The molecule has 6 nitrogen and oxygen atoms in total. The van der Waals surface area contributed by atoms with E-state index >= 15 is 0 Å². The molecule has 1 amide bonds. The minimum atomic E-state index is -0.132. The molecule has 3 heterocycles. The Labute approximate surface area is 173 Å². The van der Waals surface area contributed by atoms with E-state index < -0.39 is 0 Å². The standard InChI is InChI=1S/C22H24N4O2S/c1-14-23-12-16(29-14)11-20(27)25-10-4-7-19(25)21-24-18-6-3-2-5-17(18)22(28)26(21)13-15-8-9-15/h2-3,5-6,12,15,19H,4,7-11,13H2,1H3.